The largest absolute Gasteiger partial charge is 0.264 e. The summed E-state index contributed by atoms with van der Waals surface area (Å²) in [7, 11) is 0. The first-order valence-corrected chi connectivity index (χ1v) is 6.60. The predicted octanol–water partition coefficient (Wildman–Crippen LogP) is 3.86. The van der Waals surface area contributed by atoms with Crippen LogP contribution in [-0.4, -0.2) is 14.6 Å². The number of fused-ring (bicyclic) bond motifs is 2. The van der Waals surface area contributed by atoms with Crippen LogP contribution in [0.15, 0.2) is 61.2 Å². The van der Waals surface area contributed by atoms with Gasteiger partial charge in [0.15, 0.2) is 0 Å². The topological polar surface area (TPSA) is 30.2 Å². The lowest BCUT2D eigenvalue weighted by Gasteiger charge is -2.09. The Morgan fingerprint density at radius 1 is 1.00 bits per heavy atom. The van der Waals surface area contributed by atoms with E-state index in [0.717, 1.165) is 5.52 Å². The Morgan fingerprint density at radius 2 is 1.95 bits per heavy atom. The molecule has 0 radical (unpaired) electrons. The number of aryl methyl sites for hydroxylation is 1. The molecule has 20 heavy (non-hydrogen) atoms. The third-order valence-corrected chi connectivity index (χ3v) is 3.63. The Balaban J connectivity index is 2.14. The molecule has 4 aromatic rings. The number of nitrogens with zero attached hydrogens (tertiary/aromatic N) is 3. The van der Waals surface area contributed by atoms with Gasteiger partial charge in [-0.2, -0.15) is 5.10 Å². The summed E-state index contributed by atoms with van der Waals surface area (Å²) in [5.41, 5.74) is 4.76. The first-order chi connectivity index (χ1) is 9.83. The molecule has 0 amide bonds. The molecule has 0 saturated heterocycles. The Bertz CT molecular complexity index is 922. The molecule has 3 heterocycles. The van der Waals surface area contributed by atoms with Gasteiger partial charge in [-0.1, -0.05) is 18.2 Å². The molecule has 0 unspecified atom stereocenters. The Hall–Kier alpha value is -2.68. The Morgan fingerprint density at radius 3 is 2.90 bits per heavy atom. The van der Waals surface area contributed by atoms with Crippen LogP contribution in [0.1, 0.15) is 5.56 Å². The number of hydrogen-bond acceptors (Lipinski definition) is 2. The van der Waals surface area contributed by atoms with Gasteiger partial charge in [0.1, 0.15) is 0 Å². The maximum atomic E-state index is 4.31. The van der Waals surface area contributed by atoms with Crippen LogP contribution in [0.25, 0.3) is 27.4 Å². The van der Waals surface area contributed by atoms with E-state index >= 15 is 0 Å². The molecule has 0 aliphatic rings. The highest BCUT2D eigenvalue weighted by atomic mass is 15.2. The predicted molar refractivity (Wildman–Crippen MR) is 80.7 cm³/mol. The van der Waals surface area contributed by atoms with Crippen molar-refractivity contribution in [3.63, 3.8) is 0 Å². The maximum Gasteiger partial charge on any atom is 0.0740 e. The van der Waals surface area contributed by atoms with Crippen molar-refractivity contribution in [2.24, 2.45) is 0 Å². The minimum Gasteiger partial charge on any atom is -0.264 e. The SMILES string of the molecule is Cc1cc(-c2cccn3nccc23)c2cnccc2c1. The molecule has 3 aromatic heterocycles. The van der Waals surface area contributed by atoms with Gasteiger partial charge in [-0.3, -0.25) is 4.98 Å². The highest BCUT2D eigenvalue weighted by molar-refractivity contribution is 6.00. The summed E-state index contributed by atoms with van der Waals surface area (Å²) in [6.07, 6.45) is 7.57. The van der Waals surface area contributed by atoms with Crippen molar-refractivity contribution in [1.29, 1.82) is 0 Å². The number of benzene rings is 1. The van der Waals surface area contributed by atoms with E-state index in [9.17, 15) is 0 Å². The van der Waals surface area contributed by atoms with Crippen LogP contribution in [-0.2, 0) is 0 Å². The second-order valence-corrected chi connectivity index (χ2v) is 4.99. The van der Waals surface area contributed by atoms with E-state index in [4.69, 9.17) is 0 Å². The number of rotatable bonds is 1. The van der Waals surface area contributed by atoms with Crippen LogP contribution in [0, 0.1) is 6.92 Å². The molecule has 4 rings (SSSR count). The van der Waals surface area contributed by atoms with Crippen molar-refractivity contribution in [3.8, 4) is 11.1 Å². The van der Waals surface area contributed by atoms with Gasteiger partial charge in [-0.05, 0) is 41.6 Å². The van der Waals surface area contributed by atoms with Gasteiger partial charge < -0.3 is 0 Å². The van der Waals surface area contributed by atoms with E-state index in [1.165, 1.54) is 27.5 Å². The first-order valence-electron chi connectivity index (χ1n) is 6.60. The molecule has 3 heteroatoms. The third-order valence-electron chi connectivity index (χ3n) is 3.63. The molecular weight excluding hydrogens is 246 g/mol. The number of hydrogen-bond donors (Lipinski definition) is 0. The smallest absolute Gasteiger partial charge is 0.0740 e. The first kappa shape index (κ1) is 11.2. The van der Waals surface area contributed by atoms with Gasteiger partial charge in [0.2, 0.25) is 0 Å². The fourth-order valence-electron chi connectivity index (χ4n) is 2.75. The van der Waals surface area contributed by atoms with Crippen molar-refractivity contribution in [1.82, 2.24) is 14.6 Å². The zero-order chi connectivity index (χ0) is 13.5. The average molecular weight is 259 g/mol. The van der Waals surface area contributed by atoms with E-state index < -0.39 is 0 Å². The van der Waals surface area contributed by atoms with Crippen LogP contribution in [0.2, 0.25) is 0 Å². The van der Waals surface area contributed by atoms with Crippen molar-refractivity contribution in [2.45, 2.75) is 6.92 Å². The summed E-state index contributed by atoms with van der Waals surface area (Å²) in [6, 6.07) is 12.7. The van der Waals surface area contributed by atoms with Crippen molar-refractivity contribution in [2.75, 3.05) is 0 Å². The summed E-state index contributed by atoms with van der Waals surface area (Å²) in [5.74, 6) is 0. The van der Waals surface area contributed by atoms with Gasteiger partial charge in [0.05, 0.1) is 5.52 Å². The Labute approximate surface area is 116 Å². The van der Waals surface area contributed by atoms with E-state index in [2.05, 4.69) is 41.3 Å². The van der Waals surface area contributed by atoms with Gasteiger partial charge in [-0.15, -0.1) is 0 Å². The van der Waals surface area contributed by atoms with E-state index in [-0.39, 0.29) is 0 Å². The zero-order valence-corrected chi connectivity index (χ0v) is 11.1. The normalized spacial score (nSPS) is 11.2. The molecule has 1 aromatic carbocycles. The molecule has 0 saturated carbocycles. The molecular formula is C17H13N3. The van der Waals surface area contributed by atoms with E-state index in [1.54, 1.807) is 0 Å². The van der Waals surface area contributed by atoms with E-state index in [1.807, 2.05) is 41.4 Å². The molecule has 0 aliphatic carbocycles. The van der Waals surface area contributed by atoms with Gasteiger partial charge >= 0.3 is 0 Å². The highest BCUT2D eigenvalue weighted by Crippen LogP contribution is 2.32. The molecule has 0 bridgehead atoms. The minimum atomic E-state index is 1.11. The monoisotopic (exact) mass is 259 g/mol. The molecule has 0 N–H and O–H groups in total. The Kier molecular flexibility index (Phi) is 2.33. The van der Waals surface area contributed by atoms with Crippen LogP contribution < -0.4 is 0 Å². The van der Waals surface area contributed by atoms with Gasteiger partial charge in [-0.25, -0.2) is 4.52 Å². The summed E-state index contributed by atoms with van der Waals surface area (Å²) in [5, 5.41) is 6.70. The fourth-order valence-corrected chi connectivity index (χ4v) is 2.75. The number of pyridine rings is 2. The second-order valence-electron chi connectivity index (χ2n) is 4.99. The van der Waals surface area contributed by atoms with Gasteiger partial charge in [0, 0.05) is 35.7 Å². The van der Waals surface area contributed by atoms with Crippen LogP contribution >= 0.6 is 0 Å². The fraction of sp³-hybridized carbons (Fsp3) is 0.0588. The molecule has 96 valence electrons. The molecule has 0 aliphatic heterocycles. The summed E-state index contributed by atoms with van der Waals surface area (Å²) >= 11 is 0. The lowest BCUT2D eigenvalue weighted by atomic mass is 9.97. The molecule has 0 fully saturated rings. The zero-order valence-electron chi connectivity index (χ0n) is 11.1. The quantitative estimate of drug-likeness (QED) is 0.519. The maximum absolute atomic E-state index is 4.31. The van der Waals surface area contributed by atoms with Crippen LogP contribution in [0.5, 0.6) is 0 Å². The summed E-state index contributed by atoms with van der Waals surface area (Å²) in [4.78, 5) is 4.27. The van der Waals surface area contributed by atoms with Crippen molar-refractivity contribution >= 4 is 16.3 Å². The third kappa shape index (κ3) is 1.60. The lowest BCUT2D eigenvalue weighted by molar-refractivity contribution is 0.962. The van der Waals surface area contributed by atoms with Crippen molar-refractivity contribution in [3.05, 3.63) is 66.7 Å². The summed E-state index contributed by atoms with van der Waals surface area (Å²) in [6.45, 7) is 2.12. The number of aromatic nitrogens is 3. The molecule has 3 nitrogen and oxygen atoms in total. The van der Waals surface area contributed by atoms with E-state index in [0.29, 0.717) is 0 Å². The molecule has 0 spiro atoms. The highest BCUT2D eigenvalue weighted by Gasteiger charge is 2.09. The second kappa shape index (κ2) is 4.17. The molecule has 0 atom stereocenters. The van der Waals surface area contributed by atoms with Crippen LogP contribution in [0.4, 0.5) is 0 Å². The lowest BCUT2D eigenvalue weighted by Crippen LogP contribution is -1.90. The van der Waals surface area contributed by atoms with Crippen molar-refractivity contribution < 1.29 is 0 Å². The summed E-state index contributed by atoms with van der Waals surface area (Å²) < 4.78 is 1.90. The van der Waals surface area contributed by atoms with Crippen LogP contribution in [0.3, 0.4) is 0 Å². The van der Waals surface area contributed by atoms with Gasteiger partial charge in [0.25, 0.3) is 0 Å². The standard InChI is InChI=1S/C17H13N3/c1-12-9-13-4-6-18-11-16(13)15(10-12)14-3-2-8-20-17(14)5-7-19-20/h2-11H,1H3. The minimum absolute atomic E-state index is 1.11. The average Bonchev–Trinajstić information content (AvgIpc) is 2.94.